The molecule has 0 fully saturated rings. The molecule has 2 amide bonds. The minimum atomic E-state index is -0.584. The number of phenolic OH excluding ortho intramolecular Hbond substituents is 2. The van der Waals surface area contributed by atoms with E-state index in [4.69, 9.17) is 4.74 Å². The third-order valence-electron chi connectivity index (χ3n) is 5.60. The van der Waals surface area contributed by atoms with Gasteiger partial charge in [-0.1, -0.05) is 19.9 Å². The number of amides is 2. The van der Waals surface area contributed by atoms with E-state index in [0.29, 0.717) is 22.4 Å². The van der Waals surface area contributed by atoms with Crippen molar-refractivity contribution in [2.24, 2.45) is 0 Å². The highest BCUT2D eigenvalue weighted by molar-refractivity contribution is 5.99. The second-order valence-electron chi connectivity index (χ2n) is 9.55. The molecule has 0 spiro atoms. The first-order valence-corrected chi connectivity index (χ1v) is 11.7. The summed E-state index contributed by atoms with van der Waals surface area (Å²) >= 11 is 0. The maximum atomic E-state index is 12.6. The minimum absolute atomic E-state index is 0.0222. The van der Waals surface area contributed by atoms with Crippen molar-refractivity contribution < 1.29 is 24.5 Å². The Morgan fingerprint density at radius 1 is 1.00 bits per heavy atom. The molecule has 0 radical (unpaired) electrons. The fraction of sp³-hybridized carbons (Fsp3) is 0.370. The highest BCUT2D eigenvalue weighted by Crippen LogP contribution is 2.39. The number of phenols is 2. The quantitative estimate of drug-likeness (QED) is 0.351. The van der Waals surface area contributed by atoms with Crippen LogP contribution in [0, 0.1) is 0 Å². The van der Waals surface area contributed by atoms with Gasteiger partial charge in [0.2, 0.25) is 0 Å². The van der Waals surface area contributed by atoms with Crippen LogP contribution in [0.4, 0.5) is 4.79 Å². The van der Waals surface area contributed by atoms with Gasteiger partial charge in [-0.2, -0.15) is 0 Å². The van der Waals surface area contributed by atoms with E-state index in [0.717, 1.165) is 17.2 Å². The molecule has 8 heteroatoms. The number of rotatable bonds is 7. The molecule has 0 saturated heterocycles. The number of aromatic nitrogens is 1. The maximum Gasteiger partial charge on any atom is 0.407 e. The van der Waals surface area contributed by atoms with Gasteiger partial charge in [-0.15, -0.1) is 0 Å². The normalized spacial score (nSPS) is 12.3. The molecule has 1 heterocycles. The molecule has 4 N–H and O–H groups in total. The largest absolute Gasteiger partial charge is 0.507 e. The summed E-state index contributed by atoms with van der Waals surface area (Å²) in [6.07, 6.45) is 1.94. The number of benzene rings is 2. The number of fused-ring (bicyclic) bond motifs is 1. The van der Waals surface area contributed by atoms with Crippen LogP contribution in [0.3, 0.4) is 0 Å². The van der Waals surface area contributed by atoms with Gasteiger partial charge in [0.15, 0.2) is 0 Å². The highest BCUT2D eigenvalue weighted by Gasteiger charge is 2.17. The monoisotopic (exact) mass is 479 g/mol. The Morgan fingerprint density at radius 3 is 2.29 bits per heavy atom. The Hall–Kier alpha value is -3.81. The number of nitrogens with zero attached hydrogens (tertiary/aromatic N) is 1. The Bertz CT molecular complexity index is 1210. The zero-order chi connectivity index (χ0) is 25.8. The van der Waals surface area contributed by atoms with E-state index in [-0.39, 0.29) is 36.4 Å². The Labute approximate surface area is 205 Å². The van der Waals surface area contributed by atoms with Crippen LogP contribution in [0.15, 0.2) is 42.6 Å². The molecule has 1 unspecified atom stereocenters. The van der Waals surface area contributed by atoms with E-state index < -0.39 is 11.7 Å². The van der Waals surface area contributed by atoms with Gasteiger partial charge in [-0.25, -0.2) is 4.79 Å². The van der Waals surface area contributed by atoms with Gasteiger partial charge < -0.3 is 25.6 Å². The summed E-state index contributed by atoms with van der Waals surface area (Å²) in [5, 5.41) is 28.0. The van der Waals surface area contributed by atoms with E-state index >= 15 is 0 Å². The third-order valence-corrected chi connectivity index (χ3v) is 5.60. The van der Waals surface area contributed by atoms with Gasteiger partial charge >= 0.3 is 6.09 Å². The number of hydrogen-bond donors (Lipinski definition) is 4. The molecule has 0 aliphatic rings. The predicted molar refractivity (Wildman–Crippen MR) is 136 cm³/mol. The van der Waals surface area contributed by atoms with Crippen LogP contribution in [0.5, 0.6) is 11.5 Å². The second-order valence-corrected chi connectivity index (χ2v) is 9.55. The molecule has 0 aliphatic heterocycles. The Morgan fingerprint density at radius 2 is 1.66 bits per heavy atom. The van der Waals surface area contributed by atoms with Crippen molar-refractivity contribution in [2.45, 2.75) is 52.6 Å². The van der Waals surface area contributed by atoms with E-state index in [2.05, 4.69) is 15.6 Å². The molecular formula is C27H33N3O5. The summed E-state index contributed by atoms with van der Waals surface area (Å²) in [6.45, 7) is 9.77. The smallest absolute Gasteiger partial charge is 0.407 e. The third kappa shape index (κ3) is 6.62. The number of nitrogens with one attached hydrogen (secondary N) is 2. The second kappa shape index (κ2) is 10.6. The van der Waals surface area contributed by atoms with Crippen LogP contribution in [0.2, 0.25) is 0 Å². The van der Waals surface area contributed by atoms with Crippen LogP contribution >= 0.6 is 0 Å². The lowest BCUT2D eigenvalue weighted by molar-refractivity contribution is 0.0526. The molecule has 2 aromatic carbocycles. The van der Waals surface area contributed by atoms with E-state index in [1.165, 1.54) is 0 Å². The van der Waals surface area contributed by atoms with Crippen molar-refractivity contribution in [3.8, 4) is 22.8 Å². The molecular weight excluding hydrogens is 446 g/mol. The van der Waals surface area contributed by atoms with Crippen LogP contribution < -0.4 is 10.6 Å². The lowest BCUT2D eigenvalue weighted by Gasteiger charge is -2.19. The lowest BCUT2D eigenvalue weighted by atomic mass is 9.94. The zero-order valence-corrected chi connectivity index (χ0v) is 20.8. The highest BCUT2D eigenvalue weighted by atomic mass is 16.6. The van der Waals surface area contributed by atoms with Crippen molar-refractivity contribution in [1.82, 2.24) is 15.6 Å². The Balaban J connectivity index is 1.73. The van der Waals surface area contributed by atoms with Gasteiger partial charge in [0.1, 0.15) is 17.1 Å². The summed E-state index contributed by atoms with van der Waals surface area (Å²) in [5.74, 6) is -0.188. The first-order chi connectivity index (χ1) is 16.5. The van der Waals surface area contributed by atoms with Crippen molar-refractivity contribution in [2.75, 3.05) is 13.1 Å². The van der Waals surface area contributed by atoms with Gasteiger partial charge in [0.25, 0.3) is 5.91 Å². The molecule has 0 saturated carbocycles. The fourth-order valence-electron chi connectivity index (χ4n) is 3.68. The summed E-state index contributed by atoms with van der Waals surface area (Å²) in [6, 6.07) is 10.3. The fourth-order valence-corrected chi connectivity index (χ4v) is 3.68. The van der Waals surface area contributed by atoms with Crippen LogP contribution in [-0.2, 0) is 4.74 Å². The molecule has 3 rings (SSSR count). The minimum Gasteiger partial charge on any atom is -0.507 e. The van der Waals surface area contributed by atoms with Crippen molar-refractivity contribution >= 4 is 22.8 Å². The summed E-state index contributed by atoms with van der Waals surface area (Å²) in [7, 11) is 0. The lowest BCUT2D eigenvalue weighted by Crippen LogP contribution is -2.37. The topological polar surface area (TPSA) is 121 Å². The van der Waals surface area contributed by atoms with Crippen molar-refractivity contribution in [1.29, 1.82) is 0 Å². The standard InChI is InChI=1S/C27H33N3O5/c1-6-16(2)24-22(31)13-20(14-23(24)32)21-12-19-11-17(7-8-18(19)15-30-21)25(33)28-9-10-29-26(34)35-27(3,4)5/h7-8,11-16,31-32H,6,9-10H2,1-5H3,(H,28,33)(H,29,34). The van der Waals surface area contributed by atoms with Gasteiger partial charge in [-0.3, -0.25) is 9.78 Å². The van der Waals surface area contributed by atoms with E-state index in [1.807, 2.05) is 19.9 Å². The number of pyridine rings is 1. The zero-order valence-electron chi connectivity index (χ0n) is 20.8. The number of carbonyl (C=O) groups is 2. The summed E-state index contributed by atoms with van der Waals surface area (Å²) in [5.41, 5.74) is 1.55. The maximum absolute atomic E-state index is 12.6. The molecule has 35 heavy (non-hydrogen) atoms. The first kappa shape index (κ1) is 25.8. The molecule has 0 bridgehead atoms. The number of alkyl carbamates (subject to hydrolysis) is 1. The first-order valence-electron chi connectivity index (χ1n) is 11.7. The van der Waals surface area contributed by atoms with Crippen molar-refractivity contribution in [3.05, 3.63) is 53.7 Å². The number of hydrogen-bond acceptors (Lipinski definition) is 6. The molecule has 186 valence electrons. The van der Waals surface area contributed by atoms with Gasteiger partial charge in [-0.05, 0) is 68.8 Å². The van der Waals surface area contributed by atoms with Crippen LogP contribution in [0.25, 0.3) is 22.0 Å². The van der Waals surface area contributed by atoms with E-state index in [1.54, 1.807) is 57.3 Å². The molecule has 3 aromatic rings. The summed E-state index contributed by atoms with van der Waals surface area (Å²) in [4.78, 5) is 28.7. The SMILES string of the molecule is CCC(C)c1c(O)cc(-c2cc3cc(C(=O)NCCNC(=O)OC(C)(C)C)ccc3cn2)cc1O. The van der Waals surface area contributed by atoms with Gasteiger partial charge in [0.05, 0.1) is 5.69 Å². The molecule has 0 aliphatic carbocycles. The predicted octanol–water partition coefficient (Wildman–Crippen LogP) is 5.08. The number of ether oxygens (including phenoxy) is 1. The average molecular weight is 480 g/mol. The van der Waals surface area contributed by atoms with Crippen molar-refractivity contribution in [3.63, 3.8) is 0 Å². The number of carbonyl (C=O) groups excluding carboxylic acids is 2. The molecule has 8 nitrogen and oxygen atoms in total. The molecule has 1 atom stereocenters. The van der Waals surface area contributed by atoms with Gasteiger partial charge in [0, 0.05) is 41.4 Å². The number of aromatic hydroxyl groups is 2. The average Bonchev–Trinajstić information content (AvgIpc) is 2.79. The summed E-state index contributed by atoms with van der Waals surface area (Å²) < 4.78 is 5.16. The molecule has 1 aromatic heterocycles. The van der Waals surface area contributed by atoms with Crippen LogP contribution in [0.1, 0.15) is 62.9 Å². The van der Waals surface area contributed by atoms with Crippen LogP contribution in [-0.4, -0.2) is 45.9 Å². The Kier molecular flexibility index (Phi) is 7.84. The van der Waals surface area contributed by atoms with E-state index in [9.17, 15) is 19.8 Å².